The molecular formula is C17H18N2O2. The van der Waals surface area contributed by atoms with Crippen molar-refractivity contribution < 1.29 is 10.2 Å². The van der Waals surface area contributed by atoms with Crippen LogP contribution in [0.3, 0.4) is 0 Å². The first-order chi connectivity index (χ1) is 10.2. The molecule has 1 heterocycles. The predicted octanol–water partition coefficient (Wildman–Crippen LogP) is 2.36. The van der Waals surface area contributed by atoms with Gasteiger partial charge in [0.25, 0.3) is 0 Å². The molecule has 3 rings (SSSR count). The van der Waals surface area contributed by atoms with Gasteiger partial charge in [-0.25, -0.2) is 4.98 Å². The second-order valence-corrected chi connectivity index (χ2v) is 5.19. The van der Waals surface area contributed by atoms with Gasteiger partial charge in [0.05, 0.1) is 30.3 Å². The Morgan fingerprint density at radius 1 is 1.10 bits per heavy atom. The van der Waals surface area contributed by atoms with E-state index in [9.17, 15) is 5.11 Å². The highest BCUT2D eigenvalue weighted by Crippen LogP contribution is 2.27. The average Bonchev–Trinajstić information content (AvgIpc) is 2.86. The SMILES string of the molecule is Cc1ccccc1-c1nc2ccccc2n1CC(O)CO. The Labute approximate surface area is 123 Å². The number of fused-ring (bicyclic) bond motifs is 1. The second-order valence-electron chi connectivity index (χ2n) is 5.19. The maximum atomic E-state index is 9.83. The fourth-order valence-electron chi connectivity index (χ4n) is 2.56. The predicted molar refractivity (Wildman–Crippen MR) is 83.0 cm³/mol. The number of rotatable bonds is 4. The van der Waals surface area contributed by atoms with Gasteiger partial charge in [-0.1, -0.05) is 36.4 Å². The highest BCUT2D eigenvalue weighted by atomic mass is 16.3. The van der Waals surface area contributed by atoms with E-state index in [1.54, 1.807) is 0 Å². The molecule has 0 saturated carbocycles. The average molecular weight is 282 g/mol. The number of aliphatic hydroxyl groups is 2. The largest absolute Gasteiger partial charge is 0.394 e. The van der Waals surface area contributed by atoms with Crippen LogP contribution in [0.25, 0.3) is 22.4 Å². The van der Waals surface area contributed by atoms with Crippen LogP contribution in [0.1, 0.15) is 5.56 Å². The molecule has 0 aliphatic carbocycles. The lowest BCUT2D eigenvalue weighted by atomic mass is 10.1. The molecule has 0 radical (unpaired) electrons. The molecule has 0 aliphatic rings. The highest BCUT2D eigenvalue weighted by Gasteiger charge is 2.16. The first kappa shape index (κ1) is 13.8. The minimum absolute atomic E-state index is 0.264. The Balaban J connectivity index is 2.21. The van der Waals surface area contributed by atoms with Crippen molar-refractivity contribution in [2.75, 3.05) is 6.61 Å². The Morgan fingerprint density at radius 3 is 2.57 bits per heavy atom. The van der Waals surface area contributed by atoms with Gasteiger partial charge in [0.1, 0.15) is 5.82 Å². The van der Waals surface area contributed by atoms with Crippen molar-refractivity contribution in [1.29, 1.82) is 0 Å². The van der Waals surface area contributed by atoms with Gasteiger partial charge in [-0.3, -0.25) is 0 Å². The molecule has 0 amide bonds. The highest BCUT2D eigenvalue weighted by molar-refractivity contribution is 5.81. The van der Waals surface area contributed by atoms with E-state index >= 15 is 0 Å². The number of aliphatic hydroxyl groups excluding tert-OH is 2. The standard InChI is InChI=1S/C17H18N2O2/c1-12-6-2-3-7-14(12)17-18-15-8-4-5-9-16(15)19(17)10-13(21)11-20/h2-9,13,20-21H,10-11H2,1H3. The summed E-state index contributed by atoms with van der Waals surface area (Å²) in [5, 5.41) is 19.0. The van der Waals surface area contributed by atoms with E-state index in [0.717, 1.165) is 28.0 Å². The van der Waals surface area contributed by atoms with Crippen LogP contribution in [-0.2, 0) is 6.54 Å². The van der Waals surface area contributed by atoms with Gasteiger partial charge in [-0.15, -0.1) is 0 Å². The van der Waals surface area contributed by atoms with Gasteiger partial charge in [0, 0.05) is 5.56 Å². The summed E-state index contributed by atoms with van der Waals surface area (Å²) in [4.78, 5) is 4.70. The van der Waals surface area contributed by atoms with E-state index < -0.39 is 6.10 Å². The van der Waals surface area contributed by atoms with E-state index in [2.05, 4.69) is 0 Å². The molecular weight excluding hydrogens is 264 g/mol. The van der Waals surface area contributed by atoms with Crippen molar-refractivity contribution in [2.24, 2.45) is 0 Å². The molecule has 0 saturated heterocycles. The summed E-state index contributed by atoms with van der Waals surface area (Å²) in [6, 6.07) is 15.9. The Bertz CT molecular complexity index is 764. The van der Waals surface area contributed by atoms with Crippen molar-refractivity contribution in [1.82, 2.24) is 9.55 Å². The van der Waals surface area contributed by atoms with Crippen LogP contribution in [0.5, 0.6) is 0 Å². The van der Waals surface area contributed by atoms with E-state index in [4.69, 9.17) is 10.1 Å². The van der Waals surface area contributed by atoms with Crippen molar-refractivity contribution in [3.63, 3.8) is 0 Å². The van der Waals surface area contributed by atoms with Gasteiger partial charge < -0.3 is 14.8 Å². The molecule has 0 aliphatic heterocycles. The van der Waals surface area contributed by atoms with Gasteiger partial charge in [-0.05, 0) is 24.6 Å². The molecule has 4 nitrogen and oxygen atoms in total. The molecule has 3 aromatic rings. The topological polar surface area (TPSA) is 58.3 Å². The van der Waals surface area contributed by atoms with Gasteiger partial charge in [0.15, 0.2) is 0 Å². The lowest BCUT2D eigenvalue weighted by Crippen LogP contribution is -2.20. The molecule has 4 heteroatoms. The number of aryl methyl sites for hydroxylation is 1. The third-order valence-electron chi connectivity index (χ3n) is 3.64. The fraction of sp³-hybridized carbons (Fsp3) is 0.235. The summed E-state index contributed by atoms with van der Waals surface area (Å²) in [6.45, 7) is 2.10. The van der Waals surface area contributed by atoms with Crippen LogP contribution in [0, 0.1) is 6.92 Å². The maximum Gasteiger partial charge on any atom is 0.141 e. The summed E-state index contributed by atoms with van der Waals surface area (Å²) in [5.41, 5.74) is 4.02. The van der Waals surface area contributed by atoms with Crippen LogP contribution >= 0.6 is 0 Å². The Kier molecular flexibility index (Phi) is 3.73. The number of benzene rings is 2. The Morgan fingerprint density at radius 2 is 1.81 bits per heavy atom. The van der Waals surface area contributed by atoms with E-state index in [-0.39, 0.29) is 6.61 Å². The fourth-order valence-corrected chi connectivity index (χ4v) is 2.56. The van der Waals surface area contributed by atoms with Gasteiger partial charge in [0.2, 0.25) is 0 Å². The summed E-state index contributed by atoms with van der Waals surface area (Å²) in [6.07, 6.45) is -0.801. The third-order valence-corrected chi connectivity index (χ3v) is 3.64. The molecule has 0 fully saturated rings. The molecule has 1 aromatic heterocycles. The van der Waals surface area contributed by atoms with E-state index in [1.807, 2.05) is 60.0 Å². The lowest BCUT2D eigenvalue weighted by Gasteiger charge is -2.13. The van der Waals surface area contributed by atoms with Gasteiger partial charge >= 0.3 is 0 Å². The quantitative estimate of drug-likeness (QED) is 0.772. The zero-order valence-corrected chi connectivity index (χ0v) is 11.9. The lowest BCUT2D eigenvalue weighted by molar-refractivity contribution is 0.0824. The molecule has 1 atom stereocenters. The molecule has 21 heavy (non-hydrogen) atoms. The van der Waals surface area contributed by atoms with Crippen LogP contribution in [0.4, 0.5) is 0 Å². The zero-order chi connectivity index (χ0) is 14.8. The number of hydrogen-bond donors (Lipinski definition) is 2. The normalized spacial score (nSPS) is 12.7. The van der Waals surface area contributed by atoms with Crippen LogP contribution in [0.2, 0.25) is 0 Å². The molecule has 1 unspecified atom stereocenters. The second kappa shape index (κ2) is 5.68. The summed E-state index contributed by atoms with van der Waals surface area (Å²) in [7, 11) is 0. The van der Waals surface area contributed by atoms with E-state index in [0.29, 0.717) is 6.54 Å². The summed E-state index contributed by atoms with van der Waals surface area (Å²) < 4.78 is 1.97. The summed E-state index contributed by atoms with van der Waals surface area (Å²) in [5.74, 6) is 0.821. The van der Waals surface area contributed by atoms with E-state index in [1.165, 1.54) is 0 Å². The summed E-state index contributed by atoms with van der Waals surface area (Å²) >= 11 is 0. The molecule has 2 N–H and O–H groups in total. The monoisotopic (exact) mass is 282 g/mol. The van der Waals surface area contributed by atoms with Crippen LogP contribution in [-0.4, -0.2) is 32.5 Å². The van der Waals surface area contributed by atoms with Crippen molar-refractivity contribution >= 4 is 11.0 Å². The minimum atomic E-state index is -0.801. The molecule has 0 spiro atoms. The first-order valence-corrected chi connectivity index (χ1v) is 7.01. The number of nitrogens with zero attached hydrogens (tertiary/aromatic N) is 2. The molecule has 2 aromatic carbocycles. The number of para-hydroxylation sites is 2. The molecule has 108 valence electrons. The first-order valence-electron chi connectivity index (χ1n) is 7.01. The van der Waals surface area contributed by atoms with Crippen LogP contribution in [0.15, 0.2) is 48.5 Å². The molecule has 0 bridgehead atoms. The Hall–Kier alpha value is -2.17. The third kappa shape index (κ3) is 2.55. The maximum absolute atomic E-state index is 9.83. The zero-order valence-electron chi connectivity index (χ0n) is 11.9. The van der Waals surface area contributed by atoms with Crippen molar-refractivity contribution in [3.05, 3.63) is 54.1 Å². The number of hydrogen-bond acceptors (Lipinski definition) is 3. The van der Waals surface area contributed by atoms with Crippen LogP contribution < -0.4 is 0 Å². The van der Waals surface area contributed by atoms with Crippen molar-refractivity contribution in [2.45, 2.75) is 19.6 Å². The van der Waals surface area contributed by atoms with Crippen molar-refractivity contribution in [3.8, 4) is 11.4 Å². The number of imidazole rings is 1. The smallest absolute Gasteiger partial charge is 0.141 e. The van der Waals surface area contributed by atoms with Gasteiger partial charge in [-0.2, -0.15) is 0 Å². The number of aromatic nitrogens is 2. The minimum Gasteiger partial charge on any atom is -0.394 e.